The van der Waals surface area contributed by atoms with Crippen LogP contribution in [0.3, 0.4) is 0 Å². The van der Waals surface area contributed by atoms with Gasteiger partial charge in [0.1, 0.15) is 0 Å². The maximum Gasteiger partial charge on any atom is 0.225 e. The van der Waals surface area contributed by atoms with E-state index in [-0.39, 0.29) is 11.8 Å². The number of likely N-dealkylation sites (tertiary alicyclic amines) is 1. The Bertz CT molecular complexity index is 748. The molecule has 0 saturated carbocycles. The van der Waals surface area contributed by atoms with Gasteiger partial charge in [0.05, 0.1) is 5.92 Å². The monoisotopic (exact) mass is 380 g/mol. The summed E-state index contributed by atoms with van der Waals surface area (Å²) in [5.41, 5.74) is 1.04. The third-order valence-corrected chi connectivity index (χ3v) is 5.83. The summed E-state index contributed by atoms with van der Waals surface area (Å²) in [4.78, 5) is 30.3. The molecule has 2 saturated heterocycles. The first-order valence-corrected chi connectivity index (χ1v) is 10.2. The Labute approximate surface area is 166 Å². The molecule has 1 amide bonds. The minimum Gasteiger partial charge on any atom is -0.352 e. The number of aromatic nitrogens is 3. The second-order valence-corrected chi connectivity index (χ2v) is 7.68. The number of carbonyl (C=O) groups is 1. The summed E-state index contributed by atoms with van der Waals surface area (Å²) < 4.78 is 0. The predicted octanol–water partition coefficient (Wildman–Crippen LogP) is 1.87. The van der Waals surface area contributed by atoms with Crippen molar-refractivity contribution in [1.29, 1.82) is 0 Å². The number of anilines is 1. The first-order chi connectivity index (χ1) is 13.8. The zero-order chi connectivity index (χ0) is 19.2. The van der Waals surface area contributed by atoms with Crippen LogP contribution in [0.2, 0.25) is 0 Å². The molecule has 28 heavy (non-hydrogen) atoms. The van der Waals surface area contributed by atoms with E-state index in [1.165, 1.54) is 0 Å². The Morgan fingerprint density at radius 1 is 1.07 bits per heavy atom. The van der Waals surface area contributed by atoms with E-state index in [0.717, 1.165) is 63.4 Å². The molecule has 148 valence electrons. The zero-order valence-corrected chi connectivity index (χ0v) is 16.2. The third-order valence-electron chi connectivity index (χ3n) is 5.83. The van der Waals surface area contributed by atoms with E-state index in [2.05, 4.69) is 30.1 Å². The smallest absolute Gasteiger partial charge is 0.225 e. The van der Waals surface area contributed by atoms with Gasteiger partial charge in [0.25, 0.3) is 0 Å². The maximum atomic E-state index is 12.7. The van der Waals surface area contributed by atoms with Gasteiger partial charge in [-0.25, -0.2) is 9.97 Å². The molecule has 1 N–H and O–H groups in total. The zero-order valence-electron chi connectivity index (χ0n) is 16.2. The average Bonchev–Trinajstić information content (AvgIpc) is 2.79. The van der Waals surface area contributed by atoms with Crippen molar-refractivity contribution in [3.63, 3.8) is 0 Å². The minimum atomic E-state index is 0.0842. The summed E-state index contributed by atoms with van der Waals surface area (Å²) in [5.74, 6) is 1.08. The third kappa shape index (κ3) is 4.65. The summed E-state index contributed by atoms with van der Waals surface area (Å²) in [5, 5.41) is 3.09. The number of hydrogen-bond acceptors (Lipinski definition) is 6. The van der Waals surface area contributed by atoms with Crippen LogP contribution in [0.15, 0.2) is 43.0 Å². The van der Waals surface area contributed by atoms with Gasteiger partial charge in [-0.2, -0.15) is 0 Å². The lowest BCUT2D eigenvalue weighted by Crippen LogP contribution is -2.51. The normalized spacial score (nSPS) is 21.4. The fraction of sp³-hybridized carbons (Fsp3) is 0.524. The SMILES string of the molecule is O=C(NCc1cccnc1)[C@H]1CCCN(C2CCN(c3ncccn3)CC2)C1. The molecular weight excluding hydrogens is 352 g/mol. The number of hydrogen-bond donors (Lipinski definition) is 1. The van der Waals surface area contributed by atoms with Gasteiger partial charge in [-0.05, 0) is 49.9 Å². The van der Waals surface area contributed by atoms with Crippen LogP contribution in [0.1, 0.15) is 31.2 Å². The Kier molecular flexibility index (Phi) is 6.11. The van der Waals surface area contributed by atoms with E-state index < -0.39 is 0 Å². The van der Waals surface area contributed by atoms with Crippen LogP contribution in [0.4, 0.5) is 5.95 Å². The number of amides is 1. The molecule has 0 spiro atoms. The van der Waals surface area contributed by atoms with E-state index in [9.17, 15) is 4.79 Å². The van der Waals surface area contributed by atoms with Crippen LogP contribution in [-0.2, 0) is 11.3 Å². The van der Waals surface area contributed by atoms with E-state index >= 15 is 0 Å². The van der Waals surface area contributed by atoms with Gasteiger partial charge in [-0.1, -0.05) is 6.07 Å². The Hall–Kier alpha value is -2.54. The lowest BCUT2D eigenvalue weighted by atomic mass is 9.93. The molecule has 2 aliphatic heterocycles. The second-order valence-electron chi connectivity index (χ2n) is 7.68. The fourth-order valence-electron chi connectivity index (χ4n) is 4.27. The summed E-state index contributed by atoms with van der Waals surface area (Å²) in [6.45, 7) is 4.47. The van der Waals surface area contributed by atoms with E-state index in [1.54, 1.807) is 24.8 Å². The number of pyridine rings is 1. The minimum absolute atomic E-state index is 0.0842. The molecule has 0 radical (unpaired) electrons. The summed E-state index contributed by atoms with van der Waals surface area (Å²) in [6.07, 6.45) is 11.4. The highest BCUT2D eigenvalue weighted by molar-refractivity contribution is 5.78. The van der Waals surface area contributed by atoms with Gasteiger partial charge in [-0.15, -0.1) is 0 Å². The van der Waals surface area contributed by atoms with Crippen LogP contribution in [0.25, 0.3) is 0 Å². The number of rotatable bonds is 5. The number of nitrogens with one attached hydrogen (secondary N) is 1. The standard InChI is InChI=1S/C21H28N6O/c28-20(25-15-17-4-1-8-22-14-17)18-5-2-11-27(16-18)19-6-12-26(13-7-19)21-23-9-3-10-24-21/h1,3-4,8-10,14,18-19H,2,5-7,11-13,15-16H2,(H,25,28)/t18-/m0/s1. The fourth-order valence-corrected chi connectivity index (χ4v) is 4.27. The van der Waals surface area contributed by atoms with Crippen LogP contribution in [-0.4, -0.2) is 58.0 Å². The Balaban J connectivity index is 1.26. The van der Waals surface area contributed by atoms with Gasteiger partial charge in [0.2, 0.25) is 11.9 Å². The van der Waals surface area contributed by atoms with Crippen molar-refractivity contribution in [2.75, 3.05) is 31.1 Å². The quantitative estimate of drug-likeness (QED) is 0.854. The van der Waals surface area contributed by atoms with Crippen molar-refractivity contribution in [3.05, 3.63) is 48.5 Å². The number of nitrogens with zero attached hydrogens (tertiary/aromatic N) is 5. The maximum absolute atomic E-state index is 12.7. The van der Waals surface area contributed by atoms with Crippen molar-refractivity contribution in [2.45, 2.75) is 38.3 Å². The summed E-state index contributed by atoms with van der Waals surface area (Å²) >= 11 is 0. The van der Waals surface area contributed by atoms with E-state index in [4.69, 9.17) is 0 Å². The number of carbonyl (C=O) groups excluding carboxylic acids is 1. The van der Waals surface area contributed by atoms with Crippen LogP contribution in [0.5, 0.6) is 0 Å². The molecule has 1 atom stereocenters. The molecule has 0 aliphatic carbocycles. The molecule has 0 aromatic carbocycles. The van der Waals surface area contributed by atoms with Crippen molar-refractivity contribution in [3.8, 4) is 0 Å². The molecule has 7 nitrogen and oxygen atoms in total. The second kappa shape index (κ2) is 9.10. The predicted molar refractivity (Wildman–Crippen MR) is 108 cm³/mol. The lowest BCUT2D eigenvalue weighted by Gasteiger charge is -2.42. The summed E-state index contributed by atoms with van der Waals surface area (Å²) in [6, 6.07) is 6.29. The Morgan fingerprint density at radius 3 is 2.64 bits per heavy atom. The molecule has 2 fully saturated rings. The topological polar surface area (TPSA) is 74.2 Å². The van der Waals surface area contributed by atoms with Crippen LogP contribution >= 0.6 is 0 Å². The molecule has 2 aromatic rings. The molecular formula is C21H28N6O. The van der Waals surface area contributed by atoms with Gasteiger partial charge in [0.15, 0.2) is 0 Å². The highest BCUT2D eigenvalue weighted by atomic mass is 16.1. The van der Waals surface area contributed by atoms with Gasteiger partial charge in [0, 0.05) is 57.0 Å². The Morgan fingerprint density at radius 2 is 1.89 bits per heavy atom. The first-order valence-electron chi connectivity index (χ1n) is 10.2. The largest absolute Gasteiger partial charge is 0.352 e. The van der Waals surface area contributed by atoms with E-state index in [1.807, 2.05) is 18.2 Å². The highest BCUT2D eigenvalue weighted by Crippen LogP contribution is 2.25. The van der Waals surface area contributed by atoms with Gasteiger partial charge < -0.3 is 10.2 Å². The molecule has 4 rings (SSSR count). The van der Waals surface area contributed by atoms with Crippen molar-refractivity contribution in [2.24, 2.45) is 5.92 Å². The van der Waals surface area contributed by atoms with Crippen molar-refractivity contribution < 1.29 is 4.79 Å². The van der Waals surface area contributed by atoms with Crippen LogP contribution in [0, 0.1) is 5.92 Å². The highest BCUT2D eigenvalue weighted by Gasteiger charge is 2.32. The molecule has 0 bridgehead atoms. The molecule has 7 heteroatoms. The van der Waals surface area contributed by atoms with Crippen LogP contribution < -0.4 is 10.2 Å². The number of piperidine rings is 2. The van der Waals surface area contributed by atoms with Gasteiger partial charge >= 0.3 is 0 Å². The van der Waals surface area contributed by atoms with E-state index in [0.29, 0.717) is 12.6 Å². The molecule has 2 aliphatic rings. The molecule has 2 aromatic heterocycles. The van der Waals surface area contributed by atoms with Crippen molar-refractivity contribution in [1.82, 2.24) is 25.2 Å². The molecule has 4 heterocycles. The van der Waals surface area contributed by atoms with Gasteiger partial charge in [-0.3, -0.25) is 14.7 Å². The lowest BCUT2D eigenvalue weighted by molar-refractivity contribution is -0.127. The summed E-state index contributed by atoms with van der Waals surface area (Å²) in [7, 11) is 0. The first kappa shape index (κ1) is 18.8. The average molecular weight is 380 g/mol. The molecule has 0 unspecified atom stereocenters. The van der Waals surface area contributed by atoms with Crippen molar-refractivity contribution >= 4 is 11.9 Å².